The maximum atomic E-state index is 6.14. The predicted molar refractivity (Wildman–Crippen MR) is 58.4 cm³/mol. The lowest BCUT2D eigenvalue weighted by molar-refractivity contribution is 0.0562. The van der Waals surface area contributed by atoms with Crippen molar-refractivity contribution in [1.82, 2.24) is 10.3 Å². The molecule has 3 nitrogen and oxygen atoms in total. The quantitative estimate of drug-likeness (QED) is 0.730. The van der Waals surface area contributed by atoms with Crippen LogP contribution in [0.3, 0.4) is 0 Å². The number of hydrogen-bond acceptors (Lipinski definition) is 3. The van der Waals surface area contributed by atoms with Crippen LogP contribution in [0.25, 0.3) is 0 Å². The van der Waals surface area contributed by atoms with Gasteiger partial charge in [-0.3, -0.25) is 0 Å². The maximum absolute atomic E-state index is 6.14. The van der Waals surface area contributed by atoms with Gasteiger partial charge in [0, 0.05) is 31.0 Å². The Balaban J connectivity index is 1.94. The molecule has 0 bridgehead atoms. The minimum absolute atomic E-state index is 0.0361. The molecule has 1 aromatic heterocycles. The van der Waals surface area contributed by atoms with Crippen LogP contribution in [0.2, 0.25) is 5.02 Å². The molecule has 1 saturated heterocycles. The molecular weight excluding hydrogens is 212 g/mol. The number of fused-ring (bicyclic) bond motifs is 1. The van der Waals surface area contributed by atoms with Gasteiger partial charge in [0.15, 0.2) is 0 Å². The average molecular weight is 225 g/mol. The van der Waals surface area contributed by atoms with Crippen LogP contribution in [-0.4, -0.2) is 23.7 Å². The monoisotopic (exact) mass is 224 g/mol. The number of hydrogen-bond donors (Lipinski definition) is 1. The Labute approximate surface area is 93.8 Å². The highest BCUT2D eigenvalue weighted by atomic mass is 35.5. The van der Waals surface area contributed by atoms with E-state index in [1.54, 1.807) is 6.20 Å². The first-order chi connectivity index (χ1) is 7.29. The van der Waals surface area contributed by atoms with Crippen molar-refractivity contribution in [3.05, 3.63) is 22.8 Å². The first-order valence-electron chi connectivity index (χ1n) is 5.32. The van der Waals surface area contributed by atoms with Gasteiger partial charge in [-0.1, -0.05) is 11.6 Å². The summed E-state index contributed by atoms with van der Waals surface area (Å²) >= 11 is 6.14. The molecule has 0 atom stereocenters. The molecule has 15 heavy (non-hydrogen) atoms. The second-order valence-electron chi connectivity index (χ2n) is 4.29. The molecule has 0 aromatic carbocycles. The van der Waals surface area contributed by atoms with Crippen LogP contribution in [0, 0.1) is 0 Å². The lowest BCUT2D eigenvalue weighted by atomic mass is 9.88. The van der Waals surface area contributed by atoms with Crippen LogP contribution >= 0.6 is 11.6 Å². The van der Waals surface area contributed by atoms with Gasteiger partial charge in [-0.05, 0) is 19.2 Å². The molecule has 0 aliphatic carbocycles. The van der Waals surface area contributed by atoms with Gasteiger partial charge >= 0.3 is 0 Å². The molecule has 0 amide bonds. The number of aromatic nitrogens is 1. The molecule has 1 spiro atoms. The largest absolute Gasteiger partial charge is 0.470 e. The third kappa shape index (κ3) is 1.50. The zero-order chi connectivity index (χ0) is 10.3. The van der Waals surface area contributed by atoms with E-state index in [-0.39, 0.29) is 5.60 Å². The maximum Gasteiger partial charge on any atom is 0.218 e. The van der Waals surface area contributed by atoms with E-state index in [1.807, 2.05) is 6.07 Å². The smallest absolute Gasteiger partial charge is 0.218 e. The number of pyridine rings is 1. The average Bonchev–Trinajstić information content (AvgIpc) is 2.59. The van der Waals surface area contributed by atoms with Crippen LogP contribution in [0.4, 0.5) is 0 Å². The molecule has 4 heteroatoms. The molecule has 0 saturated carbocycles. The summed E-state index contributed by atoms with van der Waals surface area (Å²) in [6, 6.07) is 1.84. The van der Waals surface area contributed by atoms with Crippen LogP contribution in [-0.2, 0) is 6.42 Å². The second-order valence-corrected chi connectivity index (χ2v) is 4.70. The zero-order valence-electron chi connectivity index (χ0n) is 8.42. The Morgan fingerprint density at radius 2 is 2.20 bits per heavy atom. The molecule has 0 radical (unpaired) electrons. The van der Waals surface area contributed by atoms with Gasteiger partial charge in [0.25, 0.3) is 0 Å². The fourth-order valence-electron chi connectivity index (χ4n) is 2.42. The molecule has 2 aliphatic rings. The van der Waals surface area contributed by atoms with Crippen molar-refractivity contribution in [3.63, 3.8) is 0 Å². The number of nitrogens with zero attached hydrogens (tertiary/aromatic N) is 1. The summed E-state index contributed by atoms with van der Waals surface area (Å²) in [4.78, 5) is 4.24. The SMILES string of the molecule is Clc1ccnc2c1CC1(CCNCC1)O2. The second kappa shape index (κ2) is 3.35. The Bertz CT molecular complexity index is 388. The van der Waals surface area contributed by atoms with Crippen molar-refractivity contribution in [2.75, 3.05) is 13.1 Å². The minimum Gasteiger partial charge on any atom is -0.470 e. The molecule has 1 aromatic rings. The van der Waals surface area contributed by atoms with Crippen LogP contribution < -0.4 is 10.1 Å². The van der Waals surface area contributed by atoms with Crippen molar-refractivity contribution in [2.24, 2.45) is 0 Å². The number of piperidine rings is 1. The van der Waals surface area contributed by atoms with Crippen LogP contribution in [0.15, 0.2) is 12.3 Å². The fraction of sp³-hybridized carbons (Fsp3) is 0.545. The minimum atomic E-state index is -0.0361. The van der Waals surface area contributed by atoms with Gasteiger partial charge in [-0.15, -0.1) is 0 Å². The Morgan fingerprint density at radius 1 is 1.40 bits per heavy atom. The Hall–Kier alpha value is -0.800. The van der Waals surface area contributed by atoms with Gasteiger partial charge in [0.2, 0.25) is 5.88 Å². The number of halogens is 1. The van der Waals surface area contributed by atoms with E-state index in [0.717, 1.165) is 48.8 Å². The first kappa shape index (κ1) is 9.43. The van der Waals surface area contributed by atoms with E-state index in [1.165, 1.54) is 0 Å². The van der Waals surface area contributed by atoms with E-state index in [4.69, 9.17) is 16.3 Å². The highest BCUT2D eigenvalue weighted by Gasteiger charge is 2.41. The van der Waals surface area contributed by atoms with Gasteiger partial charge < -0.3 is 10.1 Å². The van der Waals surface area contributed by atoms with Gasteiger partial charge in [0.1, 0.15) is 5.60 Å². The van der Waals surface area contributed by atoms with E-state index >= 15 is 0 Å². The van der Waals surface area contributed by atoms with Crippen molar-refractivity contribution >= 4 is 11.6 Å². The molecule has 3 rings (SSSR count). The number of rotatable bonds is 0. The molecule has 0 unspecified atom stereocenters. The molecule has 1 fully saturated rings. The summed E-state index contributed by atoms with van der Waals surface area (Å²) in [5.41, 5.74) is 1.05. The summed E-state index contributed by atoms with van der Waals surface area (Å²) in [5.74, 6) is 0.740. The Morgan fingerprint density at radius 3 is 2.93 bits per heavy atom. The third-order valence-corrected chi connectivity index (χ3v) is 3.64. The molecule has 3 heterocycles. The number of nitrogens with one attached hydrogen (secondary N) is 1. The van der Waals surface area contributed by atoms with Crippen LogP contribution in [0.1, 0.15) is 18.4 Å². The molecule has 1 N–H and O–H groups in total. The summed E-state index contributed by atoms with van der Waals surface area (Å²) in [6.07, 6.45) is 4.71. The lowest BCUT2D eigenvalue weighted by Crippen LogP contribution is -2.45. The molecule has 2 aliphatic heterocycles. The predicted octanol–water partition coefficient (Wildman–Crippen LogP) is 1.79. The molecular formula is C11H13ClN2O. The standard InChI is InChI=1S/C11H13ClN2O/c12-9-1-4-14-10-8(9)7-11(15-10)2-5-13-6-3-11/h1,4,13H,2-3,5-7H2. The Kier molecular flexibility index (Phi) is 2.11. The molecule has 80 valence electrons. The highest BCUT2D eigenvalue weighted by molar-refractivity contribution is 6.31. The van der Waals surface area contributed by atoms with Crippen LogP contribution in [0.5, 0.6) is 5.88 Å². The van der Waals surface area contributed by atoms with E-state index in [2.05, 4.69) is 10.3 Å². The van der Waals surface area contributed by atoms with Crippen molar-refractivity contribution in [2.45, 2.75) is 24.9 Å². The summed E-state index contributed by atoms with van der Waals surface area (Å²) in [5, 5.41) is 4.13. The van der Waals surface area contributed by atoms with Gasteiger partial charge in [-0.25, -0.2) is 4.98 Å². The first-order valence-corrected chi connectivity index (χ1v) is 5.70. The van der Waals surface area contributed by atoms with E-state index < -0.39 is 0 Å². The fourth-order valence-corrected chi connectivity index (χ4v) is 2.63. The van der Waals surface area contributed by atoms with Crippen molar-refractivity contribution in [3.8, 4) is 5.88 Å². The highest BCUT2D eigenvalue weighted by Crippen LogP contribution is 2.41. The summed E-state index contributed by atoms with van der Waals surface area (Å²) < 4.78 is 5.98. The topological polar surface area (TPSA) is 34.2 Å². The van der Waals surface area contributed by atoms with E-state index in [9.17, 15) is 0 Å². The lowest BCUT2D eigenvalue weighted by Gasteiger charge is -2.32. The van der Waals surface area contributed by atoms with Gasteiger partial charge in [0.05, 0.1) is 5.02 Å². The van der Waals surface area contributed by atoms with Crippen molar-refractivity contribution in [1.29, 1.82) is 0 Å². The van der Waals surface area contributed by atoms with Crippen molar-refractivity contribution < 1.29 is 4.74 Å². The zero-order valence-corrected chi connectivity index (χ0v) is 9.18. The number of ether oxygens (including phenoxy) is 1. The van der Waals surface area contributed by atoms with E-state index in [0.29, 0.717) is 0 Å². The summed E-state index contributed by atoms with van der Waals surface area (Å²) in [7, 11) is 0. The normalized spacial score (nSPS) is 22.5. The third-order valence-electron chi connectivity index (χ3n) is 3.29. The summed E-state index contributed by atoms with van der Waals surface area (Å²) in [6.45, 7) is 2.04. The van der Waals surface area contributed by atoms with Gasteiger partial charge in [-0.2, -0.15) is 0 Å².